The Kier molecular flexibility index (Phi) is 5.50. The molecule has 1 aliphatic rings. The molecule has 0 aromatic heterocycles. The van der Waals surface area contributed by atoms with Crippen LogP contribution < -0.4 is 0 Å². The minimum atomic E-state index is 1.02. The van der Waals surface area contributed by atoms with Crippen LogP contribution in [0.5, 0.6) is 0 Å². The molecule has 0 amide bonds. The zero-order valence-corrected chi connectivity index (χ0v) is 9.52. The number of rotatable bonds is 5. The summed E-state index contributed by atoms with van der Waals surface area (Å²) in [5.74, 6) is 2.10. The Morgan fingerprint density at radius 3 is 2.46 bits per heavy atom. The monoisotopic (exact) mass is 182 g/mol. The Hall–Kier alpha value is 0. The SMILES string of the molecule is CCCCCC[C@@H]1CCCC[C@@H]1C. The lowest BCUT2D eigenvalue weighted by Crippen LogP contribution is -2.16. The van der Waals surface area contributed by atoms with Crippen molar-refractivity contribution in [2.24, 2.45) is 11.8 Å². The van der Waals surface area contributed by atoms with Gasteiger partial charge in [0, 0.05) is 0 Å². The van der Waals surface area contributed by atoms with Crippen molar-refractivity contribution >= 4 is 0 Å². The van der Waals surface area contributed by atoms with Crippen LogP contribution in [0, 0.1) is 11.8 Å². The van der Waals surface area contributed by atoms with Crippen LogP contribution in [0.25, 0.3) is 0 Å². The van der Waals surface area contributed by atoms with Crippen molar-refractivity contribution in [2.75, 3.05) is 0 Å². The highest BCUT2D eigenvalue weighted by Gasteiger charge is 2.20. The van der Waals surface area contributed by atoms with Crippen LogP contribution in [0.2, 0.25) is 0 Å². The predicted molar refractivity (Wildman–Crippen MR) is 59.9 cm³/mol. The standard InChI is InChI=1S/C13H26/c1-3-4-5-6-10-13-11-8-7-9-12(13)2/h12-13H,3-11H2,1-2H3/t12-,13+/m0/s1. The molecule has 1 aliphatic carbocycles. The van der Waals surface area contributed by atoms with E-state index in [-0.39, 0.29) is 0 Å². The van der Waals surface area contributed by atoms with Gasteiger partial charge in [0.15, 0.2) is 0 Å². The Morgan fingerprint density at radius 1 is 1.00 bits per heavy atom. The fourth-order valence-corrected chi connectivity index (χ4v) is 2.66. The van der Waals surface area contributed by atoms with Crippen LogP contribution in [0.4, 0.5) is 0 Å². The molecule has 78 valence electrons. The summed E-state index contributed by atoms with van der Waals surface area (Å²) in [4.78, 5) is 0. The average Bonchev–Trinajstić information content (AvgIpc) is 2.15. The first-order valence-corrected chi connectivity index (χ1v) is 6.34. The summed E-state index contributed by atoms with van der Waals surface area (Å²) < 4.78 is 0. The fraction of sp³-hybridized carbons (Fsp3) is 1.00. The van der Waals surface area contributed by atoms with Gasteiger partial charge in [0.2, 0.25) is 0 Å². The quantitative estimate of drug-likeness (QED) is 0.537. The summed E-state index contributed by atoms with van der Waals surface area (Å²) >= 11 is 0. The average molecular weight is 182 g/mol. The Morgan fingerprint density at radius 2 is 1.77 bits per heavy atom. The highest BCUT2D eigenvalue weighted by atomic mass is 14.3. The van der Waals surface area contributed by atoms with Crippen LogP contribution in [-0.2, 0) is 0 Å². The van der Waals surface area contributed by atoms with Gasteiger partial charge in [-0.25, -0.2) is 0 Å². The molecule has 13 heavy (non-hydrogen) atoms. The predicted octanol–water partition coefficient (Wildman–Crippen LogP) is 4.78. The van der Waals surface area contributed by atoms with E-state index >= 15 is 0 Å². The third-order valence-corrected chi connectivity index (χ3v) is 3.72. The zero-order valence-electron chi connectivity index (χ0n) is 9.52. The Bertz CT molecular complexity index is 117. The van der Waals surface area contributed by atoms with Crippen LogP contribution in [0.3, 0.4) is 0 Å². The molecule has 1 saturated carbocycles. The molecule has 0 spiro atoms. The number of hydrogen-bond donors (Lipinski definition) is 0. The second kappa shape index (κ2) is 6.45. The molecule has 0 aromatic rings. The first-order chi connectivity index (χ1) is 6.34. The summed E-state index contributed by atoms with van der Waals surface area (Å²) in [6.45, 7) is 4.76. The molecule has 0 bridgehead atoms. The van der Waals surface area contributed by atoms with Crippen LogP contribution in [-0.4, -0.2) is 0 Å². The van der Waals surface area contributed by atoms with Crippen molar-refractivity contribution in [2.45, 2.75) is 71.6 Å². The molecule has 0 nitrogen and oxygen atoms in total. The topological polar surface area (TPSA) is 0 Å². The molecule has 0 aliphatic heterocycles. The van der Waals surface area contributed by atoms with Gasteiger partial charge in [-0.1, -0.05) is 71.6 Å². The van der Waals surface area contributed by atoms with Crippen LogP contribution >= 0.6 is 0 Å². The molecule has 0 aromatic carbocycles. The lowest BCUT2D eigenvalue weighted by molar-refractivity contribution is 0.236. The van der Waals surface area contributed by atoms with E-state index in [4.69, 9.17) is 0 Å². The first kappa shape index (κ1) is 11.1. The fourth-order valence-electron chi connectivity index (χ4n) is 2.66. The van der Waals surface area contributed by atoms with Crippen molar-refractivity contribution in [3.05, 3.63) is 0 Å². The van der Waals surface area contributed by atoms with Gasteiger partial charge in [-0.15, -0.1) is 0 Å². The maximum Gasteiger partial charge on any atom is -0.0388 e. The van der Waals surface area contributed by atoms with Gasteiger partial charge in [0.25, 0.3) is 0 Å². The zero-order chi connectivity index (χ0) is 9.52. The van der Waals surface area contributed by atoms with E-state index in [1.165, 1.54) is 57.8 Å². The Labute approximate surface area is 84.1 Å². The van der Waals surface area contributed by atoms with E-state index in [1.807, 2.05) is 0 Å². The second-order valence-electron chi connectivity index (χ2n) is 4.87. The lowest BCUT2D eigenvalue weighted by Gasteiger charge is -2.28. The summed E-state index contributed by atoms with van der Waals surface area (Å²) in [7, 11) is 0. The molecule has 0 heteroatoms. The van der Waals surface area contributed by atoms with Crippen molar-refractivity contribution in [3.63, 3.8) is 0 Å². The van der Waals surface area contributed by atoms with Crippen LogP contribution in [0.15, 0.2) is 0 Å². The third kappa shape index (κ3) is 4.15. The summed E-state index contributed by atoms with van der Waals surface area (Å²) in [6.07, 6.45) is 13.3. The molecule has 0 saturated heterocycles. The van der Waals surface area contributed by atoms with Gasteiger partial charge in [-0.05, 0) is 11.8 Å². The van der Waals surface area contributed by atoms with Gasteiger partial charge in [0.1, 0.15) is 0 Å². The van der Waals surface area contributed by atoms with Crippen molar-refractivity contribution in [1.82, 2.24) is 0 Å². The van der Waals surface area contributed by atoms with Crippen molar-refractivity contribution < 1.29 is 0 Å². The molecular formula is C13H26. The largest absolute Gasteiger partial charge is 0.0654 e. The minimum absolute atomic E-state index is 1.02. The van der Waals surface area contributed by atoms with E-state index in [1.54, 1.807) is 0 Å². The molecular weight excluding hydrogens is 156 g/mol. The summed E-state index contributed by atoms with van der Waals surface area (Å²) in [6, 6.07) is 0. The maximum atomic E-state index is 2.46. The highest BCUT2D eigenvalue weighted by molar-refractivity contribution is 4.71. The lowest BCUT2D eigenvalue weighted by atomic mass is 9.78. The van der Waals surface area contributed by atoms with Gasteiger partial charge >= 0.3 is 0 Å². The van der Waals surface area contributed by atoms with Crippen LogP contribution in [0.1, 0.15) is 71.6 Å². The highest BCUT2D eigenvalue weighted by Crippen LogP contribution is 2.33. The molecule has 0 radical (unpaired) electrons. The van der Waals surface area contributed by atoms with Crippen molar-refractivity contribution in [3.8, 4) is 0 Å². The molecule has 1 rings (SSSR count). The Balaban J connectivity index is 2.05. The first-order valence-electron chi connectivity index (χ1n) is 6.34. The third-order valence-electron chi connectivity index (χ3n) is 3.72. The van der Waals surface area contributed by atoms with Gasteiger partial charge in [-0.3, -0.25) is 0 Å². The molecule has 0 heterocycles. The maximum absolute atomic E-state index is 2.46. The summed E-state index contributed by atoms with van der Waals surface area (Å²) in [5, 5.41) is 0. The summed E-state index contributed by atoms with van der Waals surface area (Å²) in [5.41, 5.74) is 0. The smallest absolute Gasteiger partial charge is 0.0388 e. The van der Waals surface area contributed by atoms with E-state index in [9.17, 15) is 0 Å². The molecule has 0 N–H and O–H groups in total. The van der Waals surface area contributed by atoms with E-state index < -0.39 is 0 Å². The number of unbranched alkanes of at least 4 members (excludes halogenated alkanes) is 3. The minimum Gasteiger partial charge on any atom is -0.0654 e. The van der Waals surface area contributed by atoms with Crippen molar-refractivity contribution in [1.29, 1.82) is 0 Å². The van der Waals surface area contributed by atoms with E-state index in [2.05, 4.69) is 13.8 Å². The normalized spacial score (nSPS) is 29.1. The van der Waals surface area contributed by atoms with Gasteiger partial charge in [-0.2, -0.15) is 0 Å². The molecule has 0 unspecified atom stereocenters. The number of hydrogen-bond acceptors (Lipinski definition) is 0. The van der Waals surface area contributed by atoms with E-state index in [0.717, 1.165) is 11.8 Å². The molecule has 1 fully saturated rings. The van der Waals surface area contributed by atoms with E-state index in [0.29, 0.717) is 0 Å². The second-order valence-corrected chi connectivity index (χ2v) is 4.87. The van der Waals surface area contributed by atoms with Gasteiger partial charge < -0.3 is 0 Å². The molecule has 2 atom stereocenters. The van der Waals surface area contributed by atoms with Gasteiger partial charge in [0.05, 0.1) is 0 Å².